The standard InChI is InChI=1S/C14H17F2NO3S/c1-4-17(9-10(2)3)13(18)11-5-7-12(8-6-11)21(19,20)14(15)16/h5-8,14H,2,4,9H2,1,3H3. The van der Waals surface area contributed by atoms with E-state index in [2.05, 4.69) is 6.58 Å². The zero-order chi connectivity index (χ0) is 16.2. The highest BCUT2D eigenvalue weighted by Gasteiger charge is 2.26. The van der Waals surface area contributed by atoms with Crippen molar-refractivity contribution in [1.82, 2.24) is 4.90 Å². The number of sulfone groups is 1. The highest BCUT2D eigenvalue weighted by Crippen LogP contribution is 2.19. The second-order valence-corrected chi connectivity index (χ2v) is 6.52. The van der Waals surface area contributed by atoms with Crippen LogP contribution in [0.15, 0.2) is 41.3 Å². The number of hydrogen-bond acceptors (Lipinski definition) is 3. The summed E-state index contributed by atoms with van der Waals surface area (Å²) in [5.74, 6) is -3.78. The van der Waals surface area contributed by atoms with Crippen molar-refractivity contribution in [2.75, 3.05) is 13.1 Å². The van der Waals surface area contributed by atoms with Crippen molar-refractivity contribution in [1.29, 1.82) is 0 Å². The monoisotopic (exact) mass is 317 g/mol. The van der Waals surface area contributed by atoms with E-state index >= 15 is 0 Å². The molecule has 21 heavy (non-hydrogen) atoms. The third kappa shape index (κ3) is 4.10. The van der Waals surface area contributed by atoms with Crippen LogP contribution in [0.2, 0.25) is 0 Å². The van der Waals surface area contributed by atoms with Crippen LogP contribution in [0, 0.1) is 0 Å². The minimum atomic E-state index is -4.64. The van der Waals surface area contributed by atoms with Gasteiger partial charge in [-0.1, -0.05) is 12.2 Å². The van der Waals surface area contributed by atoms with Crippen molar-refractivity contribution in [2.24, 2.45) is 0 Å². The Morgan fingerprint density at radius 1 is 1.29 bits per heavy atom. The van der Waals surface area contributed by atoms with E-state index in [1.54, 1.807) is 13.8 Å². The number of carbonyl (C=O) groups excluding carboxylic acids is 1. The van der Waals surface area contributed by atoms with Crippen molar-refractivity contribution in [3.05, 3.63) is 42.0 Å². The predicted molar refractivity (Wildman–Crippen MR) is 76.0 cm³/mol. The molecule has 0 aliphatic rings. The molecule has 0 bridgehead atoms. The van der Waals surface area contributed by atoms with Gasteiger partial charge in [0.05, 0.1) is 4.90 Å². The second-order valence-electron chi connectivity index (χ2n) is 4.61. The SMILES string of the molecule is C=C(C)CN(CC)C(=O)c1ccc(S(=O)(=O)C(F)F)cc1. The lowest BCUT2D eigenvalue weighted by Crippen LogP contribution is -2.32. The van der Waals surface area contributed by atoms with E-state index in [1.807, 2.05) is 0 Å². The van der Waals surface area contributed by atoms with Gasteiger partial charge in [-0.25, -0.2) is 8.42 Å². The third-order valence-corrected chi connectivity index (χ3v) is 4.19. The molecule has 1 rings (SSSR count). The average molecular weight is 317 g/mol. The van der Waals surface area contributed by atoms with Crippen LogP contribution in [0.25, 0.3) is 0 Å². The Hall–Kier alpha value is -1.76. The maximum absolute atomic E-state index is 12.4. The fourth-order valence-corrected chi connectivity index (χ4v) is 2.45. The summed E-state index contributed by atoms with van der Waals surface area (Å²) in [5, 5.41) is 0. The summed E-state index contributed by atoms with van der Waals surface area (Å²) >= 11 is 0. The molecule has 0 radical (unpaired) electrons. The van der Waals surface area contributed by atoms with Gasteiger partial charge in [0.1, 0.15) is 0 Å². The normalized spacial score (nSPS) is 11.5. The van der Waals surface area contributed by atoms with Gasteiger partial charge < -0.3 is 4.90 Å². The molecule has 1 aromatic rings. The van der Waals surface area contributed by atoms with Crippen molar-refractivity contribution in [3.8, 4) is 0 Å². The topological polar surface area (TPSA) is 54.5 Å². The molecule has 0 N–H and O–H groups in total. The van der Waals surface area contributed by atoms with E-state index in [1.165, 1.54) is 17.0 Å². The van der Waals surface area contributed by atoms with Gasteiger partial charge >= 0.3 is 5.76 Å². The van der Waals surface area contributed by atoms with Crippen LogP contribution in [-0.4, -0.2) is 38.1 Å². The lowest BCUT2D eigenvalue weighted by atomic mass is 10.2. The molecule has 0 spiro atoms. The summed E-state index contributed by atoms with van der Waals surface area (Å²) in [7, 11) is -4.64. The summed E-state index contributed by atoms with van der Waals surface area (Å²) in [6.07, 6.45) is 0. The zero-order valence-electron chi connectivity index (χ0n) is 11.8. The third-order valence-electron chi connectivity index (χ3n) is 2.79. The van der Waals surface area contributed by atoms with E-state index in [0.717, 1.165) is 17.7 Å². The van der Waals surface area contributed by atoms with E-state index in [4.69, 9.17) is 0 Å². The lowest BCUT2D eigenvalue weighted by molar-refractivity contribution is 0.0778. The van der Waals surface area contributed by atoms with Crippen molar-refractivity contribution < 1.29 is 22.0 Å². The first-order valence-electron chi connectivity index (χ1n) is 6.26. The second kappa shape index (κ2) is 6.80. The van der Waals surface area contributed by atoms with Crippen LogP contribution in [0.1, 0.15) is 24.2 Å². The molecule has 1 aromatic carbocycles. The Morgan fingerprint density at radius 3 is 2.19 bits per heavy atom. The van der Waals surface area contributed by atoms with Crippen LogP contribution in [-0.2, 0) is 9.84 Å². The van der Waals surface area contributed by atoms with Gasteiger partial charge in [-0.3, -0.25) is 4.79 Å². The van der Waals surface area contributed by atoms with Crippen LogP contribution in [0.5, 0.6) is 0 Å². The minimum absolute atomic E-state index is 0.242. The fourth-order valence-electron chi connectivity index (χ4n) is 1.73. The molecule has 0 saturated heterocycles. The van der Waals surface area contributed by atoms with Crippen molar-refractivity contribution in [3.63, 3.8) is 0 Å². The molecule has 116 valence electrons. The van der Waals surface area contributed by atoms with Gasteiger partial charge in [-0.15, -0.1) is 0 Å². The quantitative estimate of drug-likeness (QED) is 0.758. The Labute approximate surface area is 123 Å². The minimum Gasteiger partial charge on any atom is -0.335 e. The molecule has 7 heteroatoms. The van der Waals surface area contributed by atoms with Gasteiger partial charge in [-0.05, 0) is 38.1 Å². The average Bonchev–Trinajstić information content (AvgIpc) is 2.43. The molecule has 4 nitrogen and oxygen atoms in total. The number of carbonyl (C=O) groups is 1. The molecule has 0 aliphatic carbocycles. The van der Waals surface area contributed by atoms with Crippen LogP contribution in [0.3, 0.4) is 0 Å². The molecule has 0 heterocycles. The Kier molecular flexibility index (Phi) is 5.60. The summed E-state index contributed by atoms with van der Waals surface area (Å²) in [6.45, 7) is 8.16. The fraction of sp³-hybridized carbons (Fsp3) is 0.357. The van der Waals surface area contributed by atoms with Gasteiger partial charge in [0.15, 0.2) is 0 Å². The molecule has 0 aliphatic heterocycles. The largest absolute Gasteiger partial charge is 0.341 e. The molecule has 0 fully saturated rings. The Balaban J connectivity index is 3.02. The number of alkyl halides is 2. The molecular weight excluding hydrogens is 300 g/mol. The summed E-state index contributed by atoms with van der Waals surface area (Å²) in [4.78, 5) is 13.2. The zero-order valence-corrected chi connectivity index (χ0v) is 12.7. The van der Waals surface area contributed by atoms with Gasteiger partial charge in [0, 0.05) is 18.7 Å². The first kappa shape index (κ1) is 17.3. The lowest BCUT2D eigenvalue weighted by Gasteiger charge is -2.21. The maximum atomic E-state index is 12.4. The van der Waals surface area contributed by atoms with Gasteiger partial charge in [-0.2, -0.15) is 8.78 Å². The first-order chi connectivity index (χ1) is 9.70. The first-order valence-corrected chi connectivity index (χ1v) is 7.80. The number of nitrogens with zero attached hydrogens (tertiary/aromatic N) is 1. The number of rotatable bonds is 6. The number of amides is 1. The van der Waals surface area contributed by atoms with E-state index in [9.17, 15) is 22.0 Å². The van der Waals surface area contributed by atoms with Crippen LogP contribution in [0.4, 0.5) is 8.78 Å². The van der Waals surface area contributed by atoms with E-state index in [-0.39, 0.29) is 11.5 Å². The number of halogens is 2. The Bertz CT molecular complexity index is 624. The molecule has 0 saturated carbocycles. The molecular formula is C14H17F2NO3S. The molecule has 0 unspecified atom stereocenters. The van der Waals surface area contributed by atoms with Crippen molar-refractivity contribution >= 4 is 15.7 Å². The van der Waals surface area contributed by atoms with Crippen LogP contribution < -0.4 is 0 Å². The molecule has 0 atom stereocenters. The van der Waals surface area contributed by atoms with E-state index in [0.29, 0.717) is 13.1 Å². The maximum Gasteiger partial charge on any atom is 0.341 e. The number of benzene rings is 1. The highest BCUT2D eigenvalue weighted by molar-refractivity contribution is 7.91. The smallest absolute Gasteiger partial charge is 0.335 e. The van der Waals surface area contributed by atoms with Gasteiger partial charge in [0.25, 0.3) is 5.91 Å². The number of hydrogen-bond donors (Lipinski definition) is 0. The number of likely N-dealkylation sites (N-methyl/N-ethyl adjacent to an activating group) is 1. The molecule has 0 aromatic heterocycles. The molecule has 1 amide bonds. The summed E-state index contributed by atoms with van der Waals surface area (Å²) in [5.41, 5.74) is 1.05. The van der Waals surface area contributed by atoms with Crippen LogP contribution >= 0.6 is 0 Å². The summed E-state index contributed by atoms with van der Waals surface area (Å²) < 4.78 is 47.4. The van der Waals surface area contributed by atoms with Crippen molar-refractivity contribution in [2.45, 2.75) is 24.5 Å². The Morgan fingerprint density at radius 2 is 1.81 bits per heavy atom. The summed E-state index contributed by atoms with van der Waals surface area (Å²) in [6, 6.07) is 4.50. The highest BCUT2D eigenvalue weighted by atomic mass is 32.2. The van der Waals surface area contributed by atoms with Gasteiger partial charge in [0.2, 0.25) is 9.84 Å². The predicted octanol–water partition coefficient (Wildman–Crippen LogP) is 2.72. The van der Waals surface area contributed by atoms with E-state index < -0.39 is 20.5 Å².